The molecule has 0 aromatic heterocycles. The number of thioether (sulfide) groups is 1. The van der Waals surface area contributed by atoms with Gasteiger partial charge < -0.3 is 10.4 Å². The summed E-state index contributed by atoms with van der Waals surface area (Å²) in [5, 5.41) is 14.0. The lowest BCUT2D eigenvalue weighted by Crippen LogP contribution is -2.49. The predicted octanol–water partition coefficient (Wildman–Crippen LogP) is 3.51. The molecule has 0 heterocycles. The Morgan fingerprint density at radius 3 is 2.80 bits per heavy atom. The number of aliphatic hydroxyl groups excluding tert-OH is 1. The van der Waals surface area contributed by atoms with Crippen molar-refractivity contribution in [2.75, 3.05) is 6.61 Å². The van der Waals surface area contributed by atoms with Crippen LogP contribution in [0.15, 0.2) is 24.3 Å². The summed E-state index contributed by atoms with van der Waals surface area (Å²) < 4.78 is 0. The highest BCUT2D eigenvalue weighted by atomic mass is 32.2. The van der Waals surface area contributed by atoms with Crippen LogP contribution in [0, 0.1) is 6.92 Å². The third-order valence-corrected chi connectivity index (χ3v) is 5.55. The van der Waals surface area contributed by atoms with Crippen molar-refractivity contribution in [1.29, 1.82) is 0 Å². The molecule has 2 N–H and O–H groups in total. The maximum Gasteiger partial charge on any atom is 0.0613 e. The summed E-state index contributed by atoms with van der Waals surface area (Å²) >= 11 is 2.04. The molecule has 0 spiro atoms. The second-order valence-corrected chi connectivity index (χ2v) is 7.63. The Morgan fingerprint density at radius 2 is 2.15 bits per heavy atom. The van der Waals surface area contributed by atoms with E-state index in [9.17, 15) is 5.11 Å². The number of hydrogen-bond acceptors (Lipinski definition) is 3. The maximum absolute atomic E-state index is 9.74. The van der Waals surface area contributed by atoms with Crippen molar-refractivity contribution in [1.82, 2.24) is 5.32 Å². The number of benzene rings is 1. The Bertz CT molecular complexity index is 435. The molecule has 1 aromatic carbocycles. The Labute approximate surface area is 127 Å². The van der Waals surface area contributed by atoms with Crippen molar-refractivity contribution in [3.05, 3.63) is 35.4 Å². The molecule has 112 valence electrons. The van der Waals surface area contributed by atoms with Gasteiger partial charge in [0.2, 0.25) is 0 Å². The molecule has 0 saturated heterocycles. The summed E-state index contributed by atoms with van der Waals surface area (Å²) in [7, 11) is 0. The predicted molar refractivity (Wildman–Crippen MR) is 88.2 cm³/mol. The van der Waals surface area contributed by atoms with Crippen LogP contribution in [0.4, 0.5) is 0 Å². The van der Waals surface area contributed by atoms with Crippen molar-refractivity contribution in [3.63, 3.8) is 0 Å². The van der Waals surface area contributed by atoms with Crippen molar-refractivity contribution >= 4 is 11.8 Å². The molecule has 2 nitrogen and oxygen atoms in total. The van der Waals surface area contributed by atoms with Gasteiger partial charge in [-0.05, 0) is 37.3 Å². The molecule has 2 rings (SSSR count). The van der Waals surface area contributed by atoms with Crippen LogP contribution >= 0.6 is 11.8 Å². The van der Waals surface area contributed by atoms with E-state index < -0.39 is 0 Å². The van der Waals surface area contributed by atoms with E-state index in [2.05, 4.69) is 50.4 Å². The fraction of sp³-hybridized carbons (Fsp3) is 0.647. The highest BCUT2D eigenvalue weighted by Gasteiger charge is 2.38. The molecule has 0 aliphatic heterocycles. The summed E-state index contributed by atoms with van der Waals surface area (Å²) in [5.41, 5.74) is 2.78. The van der Waals surface area contributed by atoms with Crippen molar-refractivity contribution in [2.45, 2.75) is 62.6 Å². The monoisotopic (exact) mass is 293 g/mol. The van der Waals surface area contributed by atoms with Gasteiger partial charge in [-0.15, -0.1) is 0 Å². The minimum absolute atomic E-state index is 0.0441. The molecule has 3 heteroatoms. The Balaban J connectivity index is 1.88. The summed E-state index contributed by atoms with van der Waals surface area (Å²) in [4.78, 5) is 0. The third kappa shape index (κ3) is 4.00. The first kappa shape index (κ1) is 15.9. The average Bonchev–Trinajstić information content (AvgIpc) is 2.81. The Kier molecular flexibility index (Phi) is 5.53. The molecule has 1 saturated carbocycles. The van der Waals surface area contributed by atoms with Crippen molar-refractivity contribution < 1.29 is 5.11 Å². The van der Waals surface area contributed by atoms with Crippen LogP contribution in [-0.4, -0.2) is 28.5 Å². The molecule has 2 unspecified atom stereocenters. The van der Waals surface area contributed by atoms with Gasteiger partial charge in [-0.1, -0.05) is 38.1 Å². The smallest absolute Gasteiger partial charge is 0.0613 e. The average molecular weight is 293 g/mol. The van der Waals surface area contributed by atoms with Crippen molar-refractivity contribution in [2.24, 2.45) is 0 Å². The molecule has 1 aliphatic carbocycles. The molecule has 0 bridgehead atoms. The molecule has 0 radical (unpaired) electrons. The van der Waals surface area contributed by atoms with E-state index in [1.54, 1.807) is 0 Å². The fourth-order valence-electron chi connectivity index (χ4n) is 3.13. The number of hydrogen-bond donors (Lipinski definition) is 2. The normalized spacial score (nSPS) is 26.4. The lowest BCUT2D eigenvalue weighted by molar-refractivity contribution is 0.156. The summed E-state index contributed by atoms with van der Waals surface area (Å²) in [5.74, 6) is 1.08. The van der Waals surface area contributed by atoms with Crippen LogP contribution in [0.2, 0.25) is 0 Å². The number of nitrogens with one attached hydrogen (secondary N) is 1. The van der Waals surface area contributed by atoms with Gasteiger partial charge in [0, 0.05) is 22.6 Å². The number of aryl methyl sites for hydroxylation is 1. The van der Waals surface area contributed by atoms with Gasteiger partial charge in [0.1, 0.15) is 0 Å². The molecule has 0 amide bonds. The second kappa shape index (κ2) is 6.97. The minimum atomic E-state index is -0.0441. The largest absolute Gasteiger partial charge is 0.394 e. The van der Waals surface area contributed by atoms with Crippen molar-refractivity contribution in [3.8, 4) is 0 Å². The quantitative estimate of drug-likeness (QED) is 0.842. The first-order chi connectivity index (χ1) is 9.54. The van der Waals surface area contributed by atoms with E-state index in [1.807, 2.05) is 11.8 Å². The first-order valence-electron chi connectivity index (χ1n) is 7.59. The van der Waals surface area contributed by atoms with Gasteiger partial charge >= 0.3 is 0 Å². The summed E-state index contributed by atoms with van der Waals surface area (Å²) in [6.07, 6.45) is 3.38. The highest BCUT2D eigenvalue weighted by Crippen LogP contribution is 2.38. The number of aliphatic hydroxyl groups is 1. The topological polar surface area (TPSA) is 32.3 Å². The second-order valence-electron chi connectivity index (χ2n) is 6.34. The SMILES string of the molecule is Cc1ccccc1CSC1CCC(CO)(NC(C)C)C1. The van der Waals surface area contributed by atoms with Crippen LogP contribution in [-0.2, 0) is 5.75 Å². The van der Waals surface area contributed by atoms with E-state index in [0.29, 0.717) is 11.3 Å². The van der Waals surface area contributed by atoms with Crippen LogP contribution in [0.1, 0.15) is 44.2 Å². The molecule has 2 atom stereocenters. The molecule has 1 aromatic rings. The molecule has 20 heavy (non-hydrogen) atoms. The van der Waals surface area contributed by atoms with Crippen LogP contribution in [0.5, 0.6) is 0 Å². The molecular weight excluding hydrogens is 266 g/mol. The van der Waals surface area contributed by atoms with Gasteiger partial charge in [0.15, 0.2) is 0 Å². The highest BCUT2D eigenvalue weighted by molar-refractivity contribution is 7.99. The van der Waals surface area contributed by atoms with Crippen LogP contribution in [0.25, 0.3) is 0 Å². The summed E-state index contributed by atoms with van der Waals surface area (Å²) in [6.45, 7) is 6.76. The molecule has 1 aliphatic rings. The minimum Gasteiger partial charge on any atom is -0.394 e. The van der Waals surface area contributed by atoms with Crippen LogP contribution in [0.3, 0.4) is 0 Å². The zero-order chi connectivity index (χ0) is 14.6. The lowest BCUT2D eigenvalue weighted by atomic mass is 9.98. The van der Waals surface area contributed by atoms with Crippen LogP contribution < -0.4 is 5.32 Å². The number of rotatable bonds is 6. The van der Waals surface area contributed by atoms with Gasteiger partial charge in [0.25, 0.3) is 0 Å². The van der Waals surface area contributed by atoms with Gasteiger partial charge in [0.05, 0.1) is 6.61 Å². The van der Waals surface area contributed by atoms with E-state index in [1.165, 1.54) is 17.5 Å². The van der Waals surface area contributed by atoms with E-state index >= 15 is 0 Å². The standard InChI is InChI=1S/C17H27NOS/c1-13(2)18-17(12-19)9-8-16(10-17)20-11-15-7-5-4-6-14(15)3/h4-7,13,16,18-19H,8-12H2,1-3H3. The Hall–Kier alpha value is -0.510. The van der Waals surface area contributed by atoms with Gasteiger partial charge in [-0.3, -0.25) is 0 Å². The van der Waals surface area contributed by atoms with Gasteiger partial charge in [-0.25, -0.2) is 0 Å². The molecular formula is C17H27NOS. The fourth-order valence-corrected chi connectivity index (χ4v) is 4.59. The van der Waals surface area contributed by atoms with E-state index in [4.69, 9.17) is 0 Å². The van der Waals surface area contributed by atoms with E-state index in [0.717, 1.165) is 18.6 Å². The zero-order valence-electron chi connectivity index (χ0n) is 12.9. The summed E-state index contributed by atoms with van der Waals surface area (Å²) in [6, 6.07) is 9.06. The first-order valence-corrected chi connectivity index (χ1v) is 8.64. The van der Waals surface area contributed by atoms with E-state index in [-0.39, 0.29) is 12.1 Å². The lowest BCUT2D eigenvalue weighted by Gasteiger charge is -2.31. The zero-order valence-corrected chi connectivity index (χ0v) is 13.7. The maximum atomic E-state index is 9.74. The Morgan fingerprint density at radius 1 is 1.40 bits per heavy atom. The van der Waals surface area contributed by atoms with Gasteiger partial charge in [-0.2, -0.15) is 11.8 Å². The third-order valence-electron chi connectivity index (χ3n) is 4.20. The molecule has 1 fully saturated rings.